The maximum atomic E-state index is 12.3. The molecule has 0 aromatic carbocycles. The van der Waals surface area contributed by atoms with Crippen LogP contribution in [-0.4, -0.2) is 11.0 Å². The zero-order chi connectivity index (χ0) is 12.3. The molecule has 0 bridgehead atoms. The van der Waals surface area contributed by atoms with Crippen molar-refractivity contribution in [2.75, 3.05) is 5.32 Å². The summed E-state index contributed by atoms with van der Waals surface area (Å²) in [4.78, 5) is 3.67. The number of nitrogens with one attached hydrogen (secondary N) is 1. The van der Waals surface area contributed by atoms with Crippen LogP contribution < -0.4 is 5.32 Å². The van der Waals surface area contributed by atoms with Gasteiger partial charge >= 0.3 is 6.18 Å². The van der Waals surface area contributed by atoms with Gasteiger partial charge in [0.15, 0.2) is 0 Å². The zero-order valence-corrected chi connectivity index (χ0v) is 9.65. The van der Waals surface area contributed by atoms with E-state index >= 15 is 0 Å². The molecular weight excluding hydrogens is 241 g/mol. The van der Waals surface area contributed by atoms with Gasteiger partial charge in [-0.25, -0.2) is 4.98 Å². The summed E-state index contributed by atoms with van der Waals surface area (Å²) in [5.41, 5.74) is -0.841. The number of rotatable bonds is 3. The van der Waals surface area contributed by atoms with Crippen LogP contribution in [0.5, 0.6) is 0 Å². The Hall–Kier alpha value is -0.970. The van der Waals surface area contributed by atoms with E-state index in [2.05, 4.69) is 10.3 Å². The van der Waals surface area contributed by atoms with E-state index in [0.717, 1.165) is 18.7 Å². The molecule has 1 N–H and O–H groups in total. The fraction of sp³-hybridized carbons (Fsp3) is 0.500. The van der Waals surface area contributed by atoms with E-state index < -0.39 is 11.7 Å². The van der Waals surface area contributed by atoms with Crippen molar-refractivity contribution in [2.24, 2.45) is 0 Å². The first-order valence-corrected chi connectivity index (χ1v) is 5.21. The van der Waals surface area contributed by atoms with Gasteiger partial charge in [-0.05, 0) is 19.4 Å². The summed E-state index contributed by atoms with van der Waals surface area (Å²) in [6.45, 7) is 3.85. The zero-order valence-electron chi connectivity index (χ0n) is 8.90. The highest BCUT2D eigenvalue weighted by Crippen LogP contribution is 2.32. The van der Waals surface area contributed by atoms with E-state index in [4.69, 9.17) is 11.6 Å². The van der Waals surface area contributed by atoms with Gasteiger partial charge in [0.2, 0.25) is 0 Å². The first-order valence-electron chi connectivity index (χ1n) is 4.84. The summed E-state index contributed by atoms with van der Waals surface area (Å²) in [5.74, 6) is 0.281. The molecule has 1 aromatic rings. The average Bonchev–Trinajstić information content (AvgIpc) is 2.19. The van der Waals surface area contributed by atoms with Crippen molar-refractivity contribution in [3.63, 3.8) is 0 Å². The molecule has 0 spiro atoms. The van der Waals surface area contributed by atoms with Gasteiger partial charge in [-0.15, -0.1) is 0 Å². The van der Waals surface area contributed by atoms with Crippen LogP contribution in [0.2, 0.25) is 5.02 Å². The Bertz CT molecular complexity index is 366. The molecule has 2 nitrogen and oxygen atoms in total. The molecule has 0 aliphatic carbocycles. The number of nitrogens with zero attached hydrogens (tertiary/aromatic N) is 1. The van der Waals surface area contributed by atoms with Crippen LogP contribution in [0.25, 0.3) is 0 Å². The molecule has 0 fully saturated rings. The molecule has 0 saturated carbocycles. The SMILES string of the molecule is CC[C@@H](C)Nc1ncc(C(F)(F)F)cc1Cl. The third-order valence-corrected chi connectivity index (χ3v) is 2.45. The fourth-order valence-corrected chi connectivity index (χ4v) is 1.26. The van der Waals surface area contributed by atoms with Gasteiger partial charge in [-0.3, -0.25) is 0 Å². The number of aromatic nitrogens is 1. The van der Waals surface area contributed by atoms with E-state index in [0.29, 0.717) is 0 Å². The molecule has 16 heavy (non-hydrogen) atoms. The topological polar surface area (TPSA) is 24.9 Å². The highest BCUT2D eigenvalue weighted by atomic mass is 35.5. The fourth-order valence-electron chi connectivity index (χ4n) is 1.03. The van der Waals surface area contributed by atoms with Crippen LogP contribution >= 0.6 is 11.6 Å². The largest absolute Gasteiger partial charge is 0.417 e. The monoisotopic (exact) mass is 252 g/mol. The Morgan fingerprint density at radius 3 is 2.56 bits per heavy atom. The lowest BCUT2D eigenvalue weighted by molar-refractivity contribution is -0.137. The van der Waals surface area contributed by atoms with E-state index in [1.807, 2.05) is 13.8 Å². The predicted octanol–water partition coefficient (Wildman–Crippen LogP) is 3.96. The van der Waals surface area contributed by atoms with Gasteiger partial charge in [0.05, 0.1) is 10.6 Å². The van der Waals surface area contributed by atoms with Crippen molar-refractivity contribution in [3.8, 4) is 0 Å². The van der Waals surface area contributed by atoms with E-state index in [9.17, 15) is 13.2 Å². The Kier molecular flexibility index (Phi) is 4.02. The number of hydrogen-bond donors (Lipinski definition) is 1. The molecule has 0 aliphatic rings. The molecule has 90 valence electrons. The summed E-state index contributed by atoms with van der Waals surface area (Å²) < 4.78 is 36.9. The maximum Gasteiger partial charge on any atom is 0.417 e. The lowest BCUT2D eigenvalue weighted by Crippen LogP contribution is -2.15. The summed E-state index contributed by atoms with van der Waals surface area (Å²) in [6, 6.07) is 0.987. The van der Waals surface area contributed by atoms with Gasteiger partial charge in [-0.1, -0.05) is 18.5 Å². The summed E-state index contributed by atoms with van der Waals surface area (Å²) >= 11 is 5.71. The van der Waals surface area contributed by atoms with Crippen LogP contribution in [0.15, 0.2) is 12.3 Å². The summed E-state index contributed by atoms with van der Waals surface area (Å²) in [6.07, 6.45) is -2.80. The lowest BCUT2D eigenvalue weighted by atomic mass is 10.2. The molecule has 1 rings (SSSR count). The third kappa shape index (κ3) is 3.27. The maximum absolute atomic E-state index is 12.3. The van der Waals surface area contributed by atoms with Crippen molar-refractivity contribution in [3.05, 3.63) is 22.8 Å². The second kappa shape index (κ2) is 4.91. The highest BCUT2D eigenvalue weighted by molar-refractivity contribution is 6.32. The number of alkyl halides is 3. The standard InChI is InChI=1S/C10H12ClF3N2/c1-3-6(2)16-9-8(11)4-7(5-15-9)10(12,13)14/h4-6H,3H2,1-2H3,(H,15,16)/t6-/m1/s1. The normalized spacial score (nSPS) is 13.6. The van der Waals surface area contributed by atoms with Gasteiger partial charge < -0.3 is 5.32 Å². The summed E-state index contributed by atoms with van der Waals surface area (Å²) in [7, 11) is 0. The smallest absolute Gasteiger partial charge is 0.366 e. The van der Waals surface area contributed by atoms with Gasteiger partial charge in [0.1, 0.15) is 5.82 Å². The van der Waals surface area contributed by atoms with E-state index in [1.54, 1.807) is 0 Å². The first-order chi connectivity index (χ1) is 7.34. The van der Waals surface area contributed by atoms with Gasteiger partial charge in [0, 0.05) is 12.2 Å². The van der Waals surface area contributed by atoms with Crippen LogP contribution in [0.1, 0.15) is 25.8 Å². The molecule has 1 aromatic heterocycles. The quantitative estimate of drug-likeness (QED) is 0.881. The molecule has 0 amide bonds. The van der Waals surface area contributed by atoms with Crippen LogP contribution in [0.3, 0.4) is 0 Å². The first kappa shape index (κ1) is 13.1. The number of halogens is 4. The van der Waals surface area contributed by atoms with Crippen LogP contribution in [0.4, 0.5) is 19.0 Å². The molecule has 0 aliphatic heterocycles. The Morgan fingerprint density at radius 1 is 1.50 bits per heavy atom. The molecule has 0 saturated heterocycles. The molecule has 1 heterocycles. The van der Waals surface area contributed by atoms with Crippen molar-refractivity contribution in [1.29, 1.82) is 0 Å². The number of pyridine rings is 1. The summed E-state index contributed by atoms with van der Waals surface area (Å²) in [5, 5.41) is 2.91. The molecule has 6 heteroatoms. The third-order valence-electron chi connectivity index (χ3n) is 2.16. The second-order valence-corrected chi connectivity index (χ2v) is 3.91. The van der Waals surface area contributed by atoms with Crippen molar-refractivity contribution in [1.82, 2.24) is 4.98 Å². The second-order valence-electron chi connectivity index (χ2n) is 3.51. The molecule has 1 atom stereocenters. The van der Waals surface area contributed by atoms with E-state index in [1.165, 1.54) is 0 Å². The van der Waals surface area contributed by atoms with Crippen molar-refractivity contribution >= 4 is 17.4 Å². The van der Waals surface area contributed by atoms with Gasteiger partial charge in [-0.2, -0.15) is 13.2 Å². The molecule has 0 radical (unpaired) electrons. The minimum atomic E-state index is -4.41. The van der Waals surface area contributed by atoms with Crippen molar-refractivity contribution in [2.45, 2.75) is 32.5 Å². The minimum Gasteiger partial charge on any atom is -0.366 e. The Morgan fingerprint density at radius 2 is 2.12 bits per heavy atom. The highest BCUT2D eigenvalue weighted by Gasteiger charge is 2.31. The van der Waals surface area contributed by atoms with Crippen molar-refractivity contribution < 1.29 is 13.2 Å². The lowest BCUT2D eigenvalue weighted by Gasteiger charge is -2.14. The molecule has 0 unspecified atom stereocenters. The Labute approximate surface area is 96.8 Å². The average molecular weight is 253 g/mol. The van der Waals surface area contributed by atoms with Gasteiger partial charge in [0.25, 0.3) is 0 Å². The van der Waals surface area contributed by atoms with Crippen LogP contribution in [0, 0.1) is 0 Å². The predicted molar refractivity (Wildman–Crippen MR) is 57.6 cm³/mol. The number of hydrogen-bond acceptors (Lipinski definition) is 2. The van der Waals surface area contributed by atoms with Crippen LogP contribution in [-0.2, 0) is 6.18 Å². The van der Waals surface area contributed by atoms with E-state index in [-0.39, 0.29) is 16.9 Å². The number of anilines is 1. The molecular formula is C10H12ClF3N2. The minimum absolute atomic E-state index is 0.0184. The Balaban J connectivity index is 2.92.